The zero-order valence-electron chi connectivity index (χ0n) is 9.99. The minimum Gasteiger partial charge on any atom is -0.347 e. The Morgan fingerprint density at radius 3 is 2.20 bits per heavy atom. The van der Waals surface area contributed by atoms with Gasteiger partial charge in [0.05, 0.1) is 12.6 Å². The molecule has 15 heavy (non-hydrogen) atoms. The van der Waals surface area contributed by atoms with E-state index in [-0.39, 0.29) is 18.4 Å². The topological polar surface area (TPSA) is 66.6 Å². The highest BCUT2D eigenvalue weighted by molar-refractivity contribution is 5.87. The van der Waals surface area contributed by atoms with Crippen LogP contribution in [-0.4, -0.2) is 55.3 Å². The van der Waals surface area contributed by atoms with Gasteiger partial charge >= 0.3 is 0 Å². The van der Waals surface area contributed by atoms with E-state index in [9.17, 15) is 9.59 Å². The van der Waals surface area contributed by atoms with Crippen LogP contribution >= 0.6 is 0 Å². The van der Waals surface area contributed by atoms with Crippen molar-refractivity contribution in [3.63, 3.8) is 0 Å². The van der Waals surface area contributed by atoms with E-state index >= 15 is 0 Å². The van der Waals surface area contributed by atoms with Crippen molar-refractivity contribution in [2.45, 2.75) is 25.8 Å². The maximum Gasteiger partial charge on any atom is 0.241 e. The van der Waals surface area contributed by atoms with Crippen molar-refractivity contribution >= 4 is 11.8 Å². The van der Waals surface area contributed by atoms with Gasteiger partial charge in [-0.3, -0.25) is 9.59 Å². The van der Waals surface area contributed by atoms with Gasteiger partial charge in [-0.2, -0.15) is 0 Å². The van der Waals surface area contributed by atoms with Gasteiger partial charge in [-0.05, 0) is 6.42 Å². The molecule has 1 atom stereocenters. The number of carbonyl (C=O) groups excluding carboxylic acids is 2. The van der Waals surface area contributed by atoms with Crippen molar-refractivity contribution in [3.8, 4) is 0 Å². The summed E-state index contributed by atoms with van der Waals surface area (Å²) in [5.74, 6) is -0.276. The average Bonchev–Trinajstić information content (AvgIpc) is 2.16. The zero-order chi connectivity index (χ0) is 12.0. The predicted octanol–water partition coefficient (Wildman–Crippen LogP) is -0.340. The van der Waals surface area contributed by atoms with Gasteiger partial charge in [0.2, 0.25) is 11.8 Å². The molecular weight excluding hydrogens is 194 g/mol. The lowest BCUT2D eigenvalue weighted by Gasteiger charge is -2.22. The van der Waals surface area contributed by atoms with E-state index in [1.54, 1.807) is 21.1 Å². The molecule has 0 aliphatic heterocycles. The molecule has 0 aliphatic rings. The molecule has 0 aliphatic carbocycles. The third-order valence-corrected chi connectivity index (χ3v) is 2.16. The highest BCUT2D eigenvalue weighted by Gasteiger charge is 2.19. The first-order valence-corrected chi connectivity index (χ1v) is 5.10. The zero-order valence-corrected chi connectivity index (χ0v) is 9.99. The van der Waals surface area contributed by atoms with Crippen LogP contribution in [0.5, 0.6) is 0 Å². The van der Waals surface area contributed by atoms with E-state index < -0.39 is 6.04 Å². The second-order valence-corrected chi connectivity index (χ2v) is 3.88. The first kappa shape index (κ1) is 13.9. The van der Waals surface area contributed by atoms with Crippen molar-refractivity contribution in [1.82, 2.24) is 9.80 Å². The van der Waals surface area contributed by atoms with Crippen LogP contribution in [0.25, 0.3) is 0 Å². The highest BCUT2D eigenvalue weighted by Crippen LogP contribution is 1.98. The lowest BCUT2D eigenvalue weighted by molar-refractivity contribution is -0.138. The molecule has 0 aromatic carbocycles. The number of hydrogen-bond acceptors (Lipinski definition) is 3. The molecule has 0 saturated heterocycles. The van der Waals surface area contributed by atoms with Gasteiger partial charge in [0.15, 0.2) is 0 Å². The van der Waals surface area contributed by atoms with Crippen LogP contribution in [0.2, 0.25) is 0 Å². The molecule has 5 nitrogen and oxygen atoms in total. The number of nitrogens with zero attached hydrogens (tertiary/aromatic N) is 2. The number of nitrogens with two attached hydrogens (primary N) is 1. The number of hydrogen-bond donors (Lipinski definition) is 1. The molecule has 0 saturated carbocycles. The number of amides is 2. The normalized spacial score (nSPS) is 12.1. The minimum absolute atomic E-state index is 0.0866. The molecule has 2 amide bonds. The first-order valence-electron chi connectivity index (χ1n) is 5.10. The minimum atomic E-state index is -0.491. The molecule has 5 heteroatoms. The summed E-state index contributed by atoms with van der Waals surface area (Å²) in [6.07, 6.45) is 1.52. The lowest BCUT2D eigenvalue weighted by atomic mass is 10.1. The average molecular weight is 215 g/mol. The van der Waals surface area contributed by atoms with Crippen molar-refractivity contribution < 1.29 is 9.59 Å². The first-order chi connectivity index (χ1) is 6.90. The lowest BCUT2D eigenvalue weighted by Crippen LogP contribution is -2.45. The molecule has 0 aromatic rings. The molecule has 0 fully saturated rings. The van der Waals surface area contributed by atoms with Gasteiger partial charge in [0, 0.05) is 21.1 Å². The molecule has 88 valence electrons. The summed E-state index contributed by atoms with van der Waals surface area (Å²) < 4.78 is 0. The number of likely N-dealkylation sites (N-methyl/N-ethyl adjacent to an activating group) is 2. The van der Waals surface area contributed by atoms with E-state index in [0.717, 1.165) is 6.42 Å². The predicted molar refractivity (Wildman–Crippen MR) is 59.2 cm³/mol. The molecular formula is C10H21N3O2. The van der Waals surface area contributed by atoms with E-state index in [4.69, 9.17) is 5.73 Å². The Hall–Kier alpha value is -1.10. The van der Waals surface area contributed by atoms with Crippen LogP contribution in [0.4, 0.5) is 0 Å². The molecule has 0 unspecified atom stereocenters. The summed E-state index contributed by atoms with van der Waals surface area (Å²) in [4.78, 5) is 25.8. The van der Waals surface area contributed by atoms with Gasteiger partial charge in [0.1, 0.15) is 0 Å². The Morgan fingerprint density at radius 1 is 1.27 bits per heavy atom. The molecule has 0 spiro atoms. The summed E-state index contributed by atoms with van der Waals surface area (Å²) in [6.45, 7) is 2.06. The van der Waals surface area contributed by atoms with Gasteiger partial charge in [-0.15, -0.1) is 0 Å². The maximum absolute atomic E-state index is 11.6. The Kier molecular flexibility index (Phi) is 5.93. The Bertz CT molecular complexity index is 229. The van der Waals surface area contributed by atoms with Crippen LogP contribution in [0.3, 0.4) is 0 Å². The summed E-state index contributed by atoms with van der Waals surface area (Å²) >= 11 is 0. The van der Waals surface area contributed by atoms with E-state index in [1.807, 2.05) is 6.92 Å². The highest BCUT2D eigenvalue weighted by atomic mass is 16.2. The van der Waals surface area contributed by atoms with Gasteiger partial charge in [-0.1, -0.05) is 13.3 Å². The van der Waals surface area contributed by atoms with Crippen molar-refractivity contribution in [3.05, 3.63) is 0 Å². The number of carbonyl (C=O) groups is 2. The second-order valence-electron chi connectivity index (χ2n) is 3.88. The molecule has 2 N–H and O–H groups in total. The molecule has 0 radical (unpaired) electrons. The Labute approximate surface area is 91.2 Å². The quantitative estimate of drug-likeness (QED) is 0.682. The smallest absolute Gasteiger partial charge is 0.241 e. The number of rotatable bonds is 5. The largest absolute Gasteiger partial charge is 0.347 e. The molecule has 0 bridgehead atoms. The van der Waals surface area contributed by atoms with Crippen molar-refractivity contribution in [2.24, 2.45) is 5.73 Å². The maximum atomic E-state index is 11.6. The summed E-state index contributed by atoms with van der Waals surface area (Å²) in [6, 6.07) is -0.491. The van der Waals surface area contributed by atoms with Crippen LogP contribution < -0.4 is 5.73 Å². The van der Waals surface area contributed by atoms with E-state index in [2.05, 4.69) is 0 Å². The summed E-state index contributed by atoms with van der Waals surface area (Å²) in [5, 5.41) is 0. The summed E-state index contributed by atoms with van der Waals surface area (Å²) in [7, 11) is 4.92. The van der Waals surface area contributed by atoms with E-state index in [0.29, 0.717) is 6.42 Å². The Balaban J connectivity index is 4.15. The van der Waals surface area contributed by atoms with E-state index in [1.165, 1.54) is 9.80 Å². The van der Waals surface area contributed by atoms with Gasteiger partial charge in [-0.25, -0.2) is 0 Å². The Morgan fingerprint density at radius 2 is 1.80 bits per heavy atom. The van der Waals surface area contributed by atoms with Crippen LogP contribution in [0.15, 0.2) is 0 Å². The molecule has 0 heterocycles. The van der Waals surface area contributed by atoms with Crippen LogP contribution in [0, 0.1) is 0 Å². The molecule has 0 rings (SSSR count). The monoisotopic (exact) mass is 215 g/mol. The fourth-order valence-corrected chi connectivity index (χ4v) is 1.14. The third-order valence-electron chi connectivity index (χ3n) is 2.16. The fraction of sp³-hybridized carbons (Fsp3) is 0.800. The molecule has 0 aromatic heterocycles. The standard InChI is InChI=1S/C10H21N3O2/c1-5-6-8(11)10(15)13(4)7-9(14)12(2)3/h8H,5-7,11H2,1-4H3/t8-/m0/s1. The SMILES string of the molecule is CCC[C@H](N)C(=O)N(C)CC(=O)N(C)C. The second kappa shape index (κ2) is 6.40. The van der Waals surface area contributed by atoms with Crippen LogP contribution in [0.1, 0.15) is 19.8 Å². The van der Waals surface area contributed by atoms with Crippen molar-refractivity contribution in [2.75, 3.05) is 27.7 Å². The van der Waals surface area contributed by atoms with Crippen molar-refractivity contribution in [1.29, 1.82) is 0 Å². The summed E-state index contributed by atoms with van der Waals surface area (Å²) in [5.41, 5.74) is 5.66. The van der Waals surface area contributed by atoms with Crippen LogP contribution in [-0.2, 0) is 9.59 Å². The third kappa shape index (κ3) is 4.78. The van der Waals surface area contributed by atoms with Gasteiger partial charge < -0.3 is 15.5 Å². The van der Waals surface area contributed by atoms with Gasteiger partial charge in [0.25, 0.3) is 0 Å². The fourth-order valence-electron chi connectivity index (χ4n) is 1.14.